The first-order chi connectivity index (χ1) is 11.1. The molecule has 0 radical (unpaired) electrons. The molecule has 1 aromatic carbocycles. The molecule has 5 heteroatoms. The van der Waals surface area contributed by atoms with Gasteiger partial charge < -0.3 is 14.8 Å². The normalized spacial score (nSPS) is 13.9. The predicted octanol–water partition coefficient (Wildman–Crippen LogP) is 2.99. The minimum Gasteiger partial charge on any atom is -0.458 e. The Balaban J connectivity index is 2.50. The molecular formula is C19H29NO4. The average molecular weight is 335 g/mol. The van der Waals surface area contributed by atoms with E-state index >= 15 is 0 Å². The first kappa shape index (κ1) is 20.2. The Morgan fingerprint density at radius 1 is 1.12 bits per heavy atom. The molecule has 1 N–H and O–H groups in total. The van der Waals surface area contributed by atoms with Gasteiger partial charge in [0.1, 0.15) is 12.6 Å². The third-order valence-electron chi connectivity index (χ3n) is 3.58. The van der Waals surface area contributed by atoms with Gasteiger partial charge in [0, 0.05) is 0 Å². The lowest BCUT2D eigenvalue weighted by Crippen LogP contribution is -2.41. The lowest BCUT2D eigenvalue weighted by molar-refractivity contribution is -0.169. The maximum atomic E-state index is 12.2. The van der Waals surface area contributed by atoms with Crippen LogP contribution < -0.4 is 5.32 Å². The quantitative estimate of drug-likeness (QED) is 0.776. The zero-order valence-electron chi connectivity index (χ0n) is 15.5. The van der Waals surface area contributed by atoms with Gasteiger partial charge in [0.05, 0.1) is 0 Å². The highest BCUT2D eigenvalue weighted by Gasteiger charge is 2.28. The van der Waals surface area contributed by atoms with E-state index in [0.717, 1.165) is 11.1 Å². The van der Waals surface area contributed by atoms with E-state index in [1.807, 2.05) is 52.0 Å². The molecule has 0 unspecified atom stereocenters. The fourth-order valence-corrected chi connectivity index (χ4v) is 2.18. The van der Waals surface area contributed by atoms with Crippen molar-refractivity contribution in [1.82, 2.24) is 5.32 Å². The van der Waals surface area contributed by atoms with Crippen molar-refractivity contribution >= 4 is 11.9 Å². The Morgan fingerprint density at radius 3 is 2.21 bits per heavy atom. The van der Waals surface area contributed by atoms with E-state index in [1.54, 1.807) is 7.05 Å². The van der Waals surface area contributed by atoms with Gasteiger partial charge in [-0.3, -0.25) is 4.79 Å². The number of esters is 2. The number of benzene rings is 1. The maximum Gasteiger partial charge on any atom is 0.347 e. The first-order valence-corrected chi connectivity index (χ1v) is 8.22. The van der Waals surface area contributed by atoms with Crippen molar-refractivity contribution in [2.24, 2.45) is 5.41 Å². The van der Waals surface area contributed by atoms with E-state index < -0.39 is 24.1 Å². The third kappa shape index (κ3) is 7.13. The summed E-state index contributed by atoms with van der Waals surface area (Å²) in [7, 11) is 1.71. The fourth-order valence-electron chi connectivity index (χ4n) is 2.18. The summed E-state index contributed by atoms with van der Waals surface area (Å²) >= 11 is 0. The SMILES string of the molecule is CN[C@@H](CC(C)(C)C)C(=O)O[C@H](C)C(=O)OCc1ccc(C)cc1. The van der Waals surface area contributed by atoms with Gasteiger partial charge >= 0.3 is 11.9 Å². The van der Waals surface area contributed by atoms with Gasteiger partial charge in [-0.15, -0.1) is 0 Å². The molecule has 24 heavy (non-hydrogen) atoms. The molecule has 0 saturated carbocycles. The predicted molar refractivity (Wildman–Crippen MR) is 93.4 cm³/mol. The van der Waals surface area contributed by atoms with Gasteiger partial charge in [0.15, 0.2) is 6.10 Å². The number of likely N-dealkylation sites (N-methyl/N-ethyl adjacent to an activating group) is 1. The van der Waals surface area contributed by atoms with E-state index in [4.69, 9.17) is 9.47 Å². The van der Waals surface area contributed by atoms with E-state index in [9.17, 15) is 9.59 Å². The number of rotatable bonds is 7. The van der Waals surface area contributed by atoms with Crippen LogP contribution in [-0.2, 0) is 25.7 Å². The highest BCUT2D eigenvalue weighted by atomic mass is 16.6. The van der Waals surface area contributed by atoms with Gasteiger partial charge in [-0.2, -0.15) is 0 Å². The monoisotopic (exact) mass is 335 g/mol. The van der Waals surface area contributed by atoms with Crippen LogP contribution in [0.5, 0.6) is 0 Å². The van der Waals surface area contributed by atoms with Crippen LogP contribution in [0.25, 0.3) is 0 Å². The van der Waals surface area contributed by atoms with Crippen LogP contribution in [0.4, 0.5) is 0 Å². The van der Waals surface area contributed by atoms with Gasteiger partial charge in [-0.25, -0.2) is 4.79 Å². The van der Waals surface area contributed by atoms with Crippen LogP contribution in [0, 0.1) is 12.3 Å². The summed E-state index contributed by atoms with van der Waals surface area (Å²) in [5.41, 5.74) is 2.01. The van der Waals surface area contributed by atoms with Crippen LogP contribution in [0.3, 0.4) is 0 Å². The van der Waals surface area contributed by atoms with Crippen molar-refractivity contribution in [1.29, 1.82) is 0 Å². The van der Waals surface area contributed by atoms with Crippen molar-refractivity contribution in [2.45, 2.75) is 59.8 Å². The zero-order chi connectivity index (χ0) is 18.3. The molecule has 0 saturated heterocycles. The molecule has 0 heterocycles. The summed E-state index contributed by atoms with van der Waals surface area (Å²) in [6.07, 6.45) is -0.313. The number of ether oxygens (including phenoxy) is 2. The molecule has 0 aromatic heterocycles. The average Bonchev–Trinajstić information content (AvgIpc) is 2.50. The summed E-state index contributed by atoms with van der Waals surface area (Å²) in [5.74, 6) is -0.984. The minimum absolute atomic E-state index is 0.0259. The number of hydrogen-bond donors (Lipinski definition) is 1. The number of carbonyl (C=O) groups is 2. The minimum atomic E-state index is -0.932. The van der Waals surface area contributed by atoms with E-state index in [1.165, 1.54) is 6.92 Å². The Morgan fingerprint density at radius 2 is 1.71 bits per heavy atom. The Hall–Kier alpha value is -1.88. The molecule has 5 nitrogen and oxygen atoms in total. The Labute approximate surface area is 144 Å². The van der Waals surface area contributed by atoms with Crippen LogP contribution >= 0.6 is 0 Å². The standard InChI is InChI=1S/C19H29NO4/c1-13-7-9-15(10-8-13)12-23-17(21)14(2)24-18(22)16(20-6)11-19(3,4)5/h7-10,14,16,20H,11-12H2,1-6H3/t14-,16+/m1/s1. The van der Waals surface area contributed by atoms with Gasteiger partial charge in [0.25, 0.3) is 0 Å². The molecule has 0 amide bonds. The second-order valence-corrected chi connectivity index (χ2v) is 7.28. The number of nitrogens with one attached hydrogen (secondary N) is 1. The summed E-state index contributed by atoms with van der Waals surface area (Å²) in [6, 6.07) is 7.27. The summed E-state index contributed by atoms with van der Waals surface area (Å²) < 4.78 is 10.5. The van der Waals surface area contributed by atoms with Crippen LogP contribution in [-0.4, -0.2) is 31.1 Å². The Kier molecular flexibility index (Phi) is 7.42. The second kappa shape index (κ2) is 8.83. The molecule has 1 rings (SSSR count). The number of aryl methyl sites for hydroxylation is 1. The molecule has 0 aliphatic carbocycles. The lowest BCUT2D eigenvalue weighted by Gasteiger charge is -2.25. The molecule has 0 aliphatic rings. The van der Waals surface area contributed by atoms with Gasteiger partial charge in [0.2, 0.25) is 0 Å². The van der Waals surface area contributed by atoms with Crippen LogP contribution in [0.1, 0.15) is 45.2 Å². The van der Waals surface area contributed by atoms with E-state index in [2.05, 4.69) is 5.32 Å². The number of carbonyl (C=O) groups excluding carboxylic acids is 2. The molecule has 0 bridgehead atoms. The molecule has 2 atom stereocenters. The van der Waals surface area contributed by atoms with Crippen LogP contribution in [0.2, 0.25) is 0 Å². The third-order valence-corrected chi connectivity index (χ3v) is 3.58. The molecule has 1 aromatic rings. The number of hydrogen-bond acceptors (Lipinski definition) is 5. The van der Waals surface area contributed by atoms with Crippen molar-refractivity contribution in [3.63, 3.8) is 0 Å². The summed E-state index contributed by atoms with van der Waals surface area (Å²) in [5, 5.41) is 2.94. The summed E-state index contributed by atoms with van der Waals surface area (Å²) in [6.45, 7) is 9.82. The van der Waals surface area contributed by atoms with Gasteiger partial charge in [-0.1, -0.05) is 50.6 Å². The molecule has 0 aliphatic heterocycles. The van der Waals surface area contributed by atoms with Crippen molar-refractivity contribution in [3.8, 4) is 0 Å². The second-order valence-electron chi connectivity index (χ2n) is 7.28. The van der Waals surface area contributed by atoms with Crippen molar-refractivity contribution in [2.75, 3.05) is 7.05 Å². The topological polar surface area (TPSA) is 64.6 Å². The highest BCUT2D eigenvalue weighted by molar-refractivity contribution is 5.81. The molecule has 0 spiro atoms. The molecule has 0 fully saturated rings. The Bertz CT molecular complexity index is 545. The van der Waals surface area contributed by atoms with Crippen molar-refractivity contribution < 1.29 is 19.1 Å². The smallest absolute Gasteiger partial charge is 0.347 e. The zero-order valence-corrected chi connectivity index (χ0v) is 15.5. The molecular weight excluding hydrogens is 306 g/mol. The largest absolute Gasteiger partial charge is 0.458 e. The summed E-state index contributed by atoms with van der Waals surface area (Å²) in [4.78, 5) is 24.2. The first-order valence-electron chi connectivity index (χ1n) is 8.22. The maximum absolute atomic E-state index is 12.2. The van der Waals surface area contributed by atoms with Crippen LogP contribution in [0.15, 0.2) is 24.3 Å². The van der Waals surface area contributed by atoms with Gasteiger partial charge in [-0.05, 0) is 38.3 Å². The highest BCUT2D eigenvalue weighted by Crippen LogP contribution is 2.21. The van der Waals surface area contributed by atoms with Crippen molar-refractivity contribution in [3.05, 3.63) is 35.4 Å². The lowest BCUT2D eigenvalue weighted by atomic mass is 9.88. The fraction of sp³-hybridized carbons (Fsp3) is 0.579. The molecule has 134 valence electrons. The van der Waals surface area contributed by atoms with E-state index in [0.29, 0.717) is 6.42 Å². The van der Waals surface area contributed by atoms with E-state index in [-0.39, 0.29) is 12.0 Å².